The summed E-state index contributed by atoms with van der Waals surface area (Å²) in [4.78, 5) is -0.434. The van der Waals surface area contributed by atoms with Crippen molar-refractivity contribution in [3.8, 4) is 0 Å². The molecule has 0 aliphatic heterocycles. The van der Waals surface area contributed by atoms with Crippen LogP contribution in [0.25, 0.3) is 0 Å². The van der Waals surface area contributed by atoms with Gasteiger partial charge >= 0.3 is 0 Å². The number of rotatable bonds is 4. The van der Waals surface area contributed by atoms with Gasteiger partial charge in [0, 0.05) is 10.7 Å². The van der Waals surface area contributed by atoms with E-state index in [-0.39, 0.29) is 11.4 Å². The van der Waals surface area contributed by atoms with Crippen LogP contribution in [-0.4, -0.2) is 22.6 Å². The van der Waals surface area contributed by atoms with Crippen molar-refractivity contribution >= 4 is 35.4 Å². The van der Waals surface area contributed by atoms with Crippen molar-refractivity contribution < 1.29 is 21.2 Å². The van der Waals surface area contributed by atoms with Crippen LogP contribution in [0.3, 0.4) is 0 Å². The summed E-state index contributed by atoms with van der Waals surface area (Å²) in [5.74, 6) is -1.23. The Bertz CT molecular complexity index is 627. The van der Waals surface area contributed by atoms with Gasteiger partial charge < -0.3 is 0 Å². The average Bonchev–Trinajstić information content (AvgIpc) is 2.19. The van der Waals surface area contributed by atoms with Gasteiger partial charge in [0.05, 0.1) is 16.3 Å². The second-order valence-electron chi connectivity index (χ2n) is 3.08. The molecular weight excluding hydrogens is 293 g/mol. The van der Waals surface area contributed by atoms with Crippen molar-refractivity contribution in [1.29, 1.82) is 0 Å². The molecule has 0 aliphatic rings. The van der Waals surface area contributed by atoms with Gasteiger partial charge in [-0.15, -0.1) is 0 Å². The zero-order valence-electron chi connectivity index (χ0n) is 8.64. The highest BCUT2D eigenvalue weighted by atomic mass is 35.7. The fourth-order valence-electron chi connectivity index (χ4n) is 0.970. The molecule has 0 amide bonds. The Hall–Kier alpha value is -0.860. The number of sulfonamides is 1. The van der Waals surface area contributed by atoms with E-state index in [1.165, 1.54) is 6.92 Å². The summed E-state index contributed by atoms with van der Waals surface area (Å²) in [6, 6.07) is 2.66. The van der Waals surface area contributed by atoms with E-state index < -0.39 is 29.8 Å². The average molecular weight is 302 g/mol. The van der Waals surface area contributed by atoms with E-state index in [2.05, 4.69) is 0 Å². The first-order valence-electron chi connectivity index (χ1n) is 4.40. The molecule has 0 radical (unpaired) electrons. The van der Waals surface area contributed by atoms with Gasteiger partial charge in [0.15, 0.2) is 0 Å². The summed E-state index contributed by atoms with van der Waals surface area (Å²) in [6.45, 7) is 1.39. The van der Waals surface area contributed by atoms with Crippen LogP contribution in [0.15, 0.2) is 23.1 Å². The van der Waals surface area contributed by atoms with E-state index >= 15 is 0 Å². The van der Waals surface area contributed by atoms with Crippen LogP contribution in [0, 0.1) is 5.82 Å². The topological polar surface area (TPSA) is 80.3 Å². The number of hydrogen-bond acceptors (Lipinski definition) is 4. The lowest BCUT2D eigenvalue weighted by Crippen LogP contribution is -2.15. The fraction of sp³-hybridized carbons (Fsp3) is 0.250. The Labute approximate surface area is 103 Å². The van der Waals surface area contributed by atoms with Crippen molar-refractivity contribution in [2.45, 2.75) is 11.8 Å². The molecule has 0 atom stereocenters. The molecule has 1 aromatic carbocycles. The summed E-state index contributed by atoms with van der Waals surface area (Å²) in [5, 5.41) is 0. The number of halogens is 2. The molecule has 5 nitrogen and oxygen atoms in total. The minimum atomic E-state index is -4.04. The number of hydrogen-bond donors (Lipinski definition) is 1. The molecule has 1 aromatic rings. The molecule has 0 saturated heterocycles. The maximum atomic E-state index is 13.4. The second kappa shape index (κ2) is 4.79. The number of benzene rings is 1. The summed E-state index contributed by atoms with van der Waals surface area (Å²) in [6.07, 6.45) is 0. The van der Waals surface area contributed by atoms with Gasteiger partial charge in [0.1, 0.15) is 5.82 Å². The standard InChI is InChI=1S/C8H9ClFNO4S2/c1-2-16(12,13)11-8-4-3-6(5-7(8)10)17(9,14)15/h3-5,11H,2H2,1H3. The maximum absolute atomic E-state index is 13.4. The quantitative estimate of drug-likeness (QED) is 0.855. The normalized spacial score (nSPS) is 12.4. The maximum Gasteiger partial charge on any atom is 0.261 e. The molecule has 0 saturated carbocycles. The highest BCUT2D eigenvalue weighted by Crippen LogP contribution is 2.22. The Balaban J connectivity index is 3.16. The lowest BCUT2D eigenvalue weighted by molar-refractivity contribution is 0.598. The van der Waals surface area contributed by atoms with Crippen molar-refractivity contribution in [2.75, 3.05) is 10.5 Å². The van der Waals surface area contributed by atoms with Crippen LogP contribution in [0.5, 0.6) is 0 Å². The molecule has 0 fully saturated rings. The molecule has 0 heterocycles. The van der Waals surface area contributed by atoms with Gasteiger partial charge in [0.2, 0.25) is 10.0 Å². The molecular formula is C8H9ClFNO4S2. The molecule has 96 valence electrons. The first-order valence-corrected chi connectivity index (χ1v) is 8.36. The Morgan fingerprint density at radius 3 is 2.29 bits per heavy atom. The smallest absolute Gasteiger partial charge is 0.261 e. The Morgan fingerprint density at radius 1 is 1.29 bits per heavy atom. The molecule has 0 spiro atoms. The van der Waals surface area contributed by atoms with Crippen molar-refractivity contribution in [3.05, 3.63) is 24.0 Å². The SMILES string of the molecule is CCS(=O)(=O)Nc1ccc(S(=O)(=O)Cl)cc1F. The number of anilines is 1. The highest BCUT2D eigenvalue weighted by molar-refractivity contribution is 8.13. The van der Waals surface area contributed by atoms with Crippen molar-refractivity contribution in [1.82, 2.24) is 0 Å². The molecule has 9 heteroatoms. The third kappa shape index (κ3) is 3.83. The number of nitrogens with one attached hydrogen (secondary N) is 1. The molecule has 1 rings (SSSR count). The summed E-state index contributed by atoms with van der Waals surface area (Å²) in [7, 11) is -2.64. The third-order valence-corrected chi connectivity index (χ3v) is 4.51. The Morgan fingerprint density at radius 2 is 1.88 bits per heavy atom. The van der Waals surface area contributed by atoms with Crippen molar-refractivity contribution in [2.24, 2.45) is 0 Å². The third-order valence-electron chi connectivity index (χ3n) is 1.87. The van der Waals surface area contributed by atoms with Crippen molar-refractivity contribution in [3.63, 3.8) is 0 Å². The van der Waals surface area contributed by atoms with Crippen LogP contribution < -0.4 is 4.72 Å². The lowest BCUT2D eigenvalue weighted by atomic mass is 10.3. The molecule has 1 N–H and O–H groups in total. The first kappa shape index (κ1) is 14.2. The Kier molecular flexibility index (Phi) is 4.00. The van der Waals surface area contributed by atoms with E-state index in [0.717, 1.165) is 12.1 Å². The summed E-state index contributed by atoms with van der Waals surface area (Å²) >= 11 is 0. The minimum absolute atomic E-state index is 0.220. The predicted molar refractivity (Wildman–Crippen MR) is 62.5 cm³/mol. The summed E-state index contributed by atoms with van der Waals surface area (Å²) in [5.41, 5.74) is -0.323. The zero-order chi connectivity index (χ0) is 13.3. The van der Waals surface area contributed by atoms with Gasteiger partial charge in [-0.3, -0.25) is 4.72 Å². The highest BCUT2D eigenvalue weighted by Gasteiger charge is 2.15. The monoisotopic (exact) mass is 301 g/mol. The molecule has 17 heavy (non-hydrogen) atoms. The molecule has 0 bridgehead atoms. The molecule has 0 aromatic heterocycles. The van der Waals surface area contributed by atoms with Crippen LogP contribution >= 0.6 is 10.7 Å². The lowest BCUT2D eigenvalue weighted by Gasteiger charge is -2.07. The summed E-state index contributed by atoms with van der Waals surface area (Å²) < 4.78 is 59.5. The fourth-order valence-corrected chi connectivity index (χ4v) is 2.38. The largest absolute Gasteiger partial charge is 0.281 e. The van der Waals surface area contributed by atoms with Crippen LogP contribution in [0.1, 0.15) is 6.92 Å². The van der Waals surface area contributed by atoms with Gasteiger partial charge in [-0.25, -0.2) is 21.2 Å². The van der Waals surface area contributed by atoms with Gasteiger partial charge in [-0.1, -0.05) is 0 Å². The molecule has 0 aliphatic carbocycles. The van der Waals surface area contributed by atoms with Gasteiger partial charge in [0.25, 0.3) is 9.05 Å². The van der Waals surface area contributed by atoms with Crippen LogP contribution in [0.4, 0.5) is 10.1 Å². The van der Waals surface area contributed by atoms with Gasteiger partial charge in [-0.05, 0) is 25.1 Å². The van der Waals surface area contributed by atoms with Gasteiger partial charge in [-0.2, -0.15) is 0 Å². The van der Waals surface area contributed by atoms with Crippen LogP contribution in [0.2, 0.25) is 0 Å². The van der Waals surface area contributed by atoms with E-state index in [4.69, 9.17) is 10.7 Å². The van der Waals surface area contributed by atoms with Crippen LogP contribution in [-0.2, 0) is 19.1 Å². The molecule has 0 unspecified atom stereocenters. The van der Waals surface area contributed by atoms with E-state index in [1.807, 2.05) is 4.72 Å². The minimum Gasteiger partial charge on any atom is -0.281 e. The predicted octanol–water partition coefficient (Wildman–Crippen LogP) is 1.51. The zero-order valence-corrected chi connectivity index (χ0v) is 11.0. The van der Waals surface area contributed by atoms with E-state index in [0.29, 0.717) is 6.07 Å². The first-order chi connectivity index (χ1) is 7.65. The second-order valence-corrected chi connectivity index (χ2v) is 7.66. The van der Waals surface area contributed by atoms with E-state index in [1.54, 1.807) is 0 Å². The van der Waals surface area contributed by atoms with E-state index in [9.17, 15) is 21.2 Å².